The molecule has 3 aromatic rings. The fourth-order valence-electron chi connectivity index (χ4n) is 2.23. The first kappa shape index (κ1) is 16.7. The number of nitrogens with zero attached hydrogens (tertiary/aromatic N) is 4. The second-order valence-electron chi connectivity index (χ2n) is 6.10. The van der Waals surface area contributed by atoms with Crippen LogP contribution in [0.3, 0.4) is 0 Å². The van der Waals surface area contributed by atoms with E-state index in [-0.39, 0.29) is 5.28 Å². The summed E-state index contributed by atoms with van der Waals surface area (Å²) in [5, 5.41) is 1.10. The maximum absolute atomic E-state index is 12.5. The molecule has 8 heteroatoms. The van der Waals surface area contributed by atoms with Gasteiger partial charge in [-0.1, -0.05) is 11.6 Å². The molecule has 0 aliphatic rings. The number of halogens is 2. The molecular weight excluding hydrogens is 351 g/mol. The molecule has 124 valence electrons. The Bertz CT molecular complexity index is 931. The molecule has 6 nitrogen and oxygen atoms in total. The number of hydrogen-bond donors (Lipinski definition) is 0. The normalized spacial score (nSPS) is 11.7. The van der Waals surface area contributed by atoms with Gasteiger partial charge in [0.05, 0.1) is 16.9 Å². The van der Waals surface area contributed by atoms with Crippen LogP contribution in [0, 0.1) is 0 Å². The molecule has 0 aromatic carbocycles. The third kappa shape index (κ3) is 3.20. The fraction of sp³-hybridized carbons (Fsp3) is 0.250. The molecule has 0 aliphatic heterocycles. The van der Waals surface area contributed by atoms with E-state index >= 15 is 0 Å². The second kappa shape index (κ2) is 6.03. The van der Waals surface area contributed by atoms with E-state index in [1.807, 2.05) is 6.07 Å². The van der Waals surface area contributed by atoms with Crippen molar-refractivity contribution < 1.29 is 9.53 Å². The monoisotopic (exact) mass is 364 g/mol. The summed E-state index contributed by atoms with van der Waals surface area (Å²) in [6.45, 7) is 5.39. The third-order valence-corrected chi connectivity index (χ3v) is 3.58. The van der Waals surface area contributed by atoms with Gasteiger partial charge in [0, 0.05) is 23.3 Å². The second-order valence-corrected chi connectivity index (χ2v) is 6.85. The quantitative estimate of drug-likeness (QED) is 0.590. The average Bonchev–Trinajstić information content (AvgIpc) is 2.88. The molecule has 0 unspecified atom stereocenters. The molecule has 24 heavy (non-hydrogen) atoms. The molecule has 0 aliphatic carbocycles. The van der Waals surface area contributed by atoms with Gasteiger partial charge in [-0.05, 0) is 44.5 Å². The van der Waals surface area contributed by atoms with E-state index < -0.39 is 11.7 Å². The van der Waals surface area contributed by atoms with Gasteiger partial charge in [0.1, 0.15) is 11.2 Å². The predicted molar refractivity (Wildman–Crippen MR) is 92.4 cm³/mol. The average molecular weight is 365 g/mol. The Labute approximate surface area is 148 Å². The Morgan fingerprint density at radius 1 is 1.25 bits per heavy atom. The first-order valence-corrected chi connectivity index (χ1v) is 7.90. The molecule has 0 spiro atoms. The molecule has 0 saturated heterocycles. The molecule has 0 fully saturated rings. The van der Waals surface area contributed by atoms with Crippen molar-refractivity contribution in [1.29, 1.82) is 0 Å². The zero-order valence-electron chi connectivity index (χ0n) is 13.2. The van der Waals surface area contributed by atoms with Crippen molar-refractivity contribution in [3.8, 4) is 11.3 Å². The van der Waals surface area contributed by atoms with Gasteiger partial charge in [0.15, 0.2) is 0 Å². The van der Waals surface area contributed by atoms with Crippen LogP contribution >= 0.6 is 23.2 Å². The smallest absolute Gasteiger partial charge is 0.420 e. The summed E-state index contributed by atoms with van der Waals surface area (Å²) in [5.74, 6) is 0. The van der Waals surface area contributed by atoms with Crippen LogP contribution in [0.4, 0.5) is 4.79 Å². The SMILES string of the molecule is CC(C)(C)OC(=O)n1cc(-c2nc(Cl)ncc2Cl)c2cccnc21. The number of hydrogen-bond acceptors (Lipinski definition) is 5. The van der Waals surface area contributed by atoms with Gasteiger partial charge < -0.3 is 4.74 Å². The van der Waals surface area contributed by atoms with Crippen molar-refractivity contribution in [2.24, 2.45) is 0 Å². The summed E-state index contributed by atoms with van der Waals surface area (Å²) >= 11 is 12.1. The summed E-state index contributed by atoms with van der Waals surface area (Å²) < 4.78 is 6.76. The van der Waals surface area contributed by atoms with Gasteiger partial charge >= 0.3 is 6.09 Å². The van der Waals surface area contributed by atoms with E-state index in [2.05, 4.69) is 15.0 Å². The largest absolute Gasteiger partial charge is 0.443 e. The minimum absolute atomic E-state index is 0.0662. The standard InChI is InChI=1S/C16H14Cl2N4O2/c1-16(2,3)24-15(23)22-8-10(9-5-4-6-19-13(9)22)12-11(17)7-20-14(18)21-12/h4-8H,1-3H3. The summed E-state index contributed by atoms with van der Waals surface area (Å²) in [4.78, 5) is 24.8. The van der Waals surface area contributed by atoms with Crippen LogP contribution in [-0.4, -0.2) is 31.2 Å². The fourth-order valence-corrected chi connectivity index (χ4v) is 2.56. The first-order valence-electron chi connectivity index (χ1n) is 7.14. The van der Waals surface area contributed by atoms with E-state index in [0.29, 0.717) is 27.3 Å². The number of carbonyl (C=O) groups is 1. The van der Waals surface area contributed by atoms with Gasteiger partial charge in [0.25, 0.3) is 0 Å². The first-order chi connectivity index (χ1) is 11.3. The maximum Gasteiger partial charge on any atom is 0.420 e. The van der Waals surface area contributed by atoms with Crippen LogP contribution in [0.1, 0.15) is 20.8 Å². The van der Waals surface area contributed by atoms with E-state index in [0.717, 1.165) is 0 Å². The number of rotatable bonds is 1. The lowest BCUT2D eigenvalue weighted by molar-refractivity contribution is 0.0544. The minimum Gasteiger partial charge on any atom is -0.443 e. The lowest BCUT2D eigenvalue weighted by Gasteiger charge is -2.19. The van der Waals surface area contributed by atoms with Crippen LogP contribution in [0.5, 0.6) is 0 Å². The molecule has 0 bridgehead atoms. The van der Waals surface area contributed by atoms with E-state index in [9.17, 15) is 4.79 Å². The molecule has 3 heterocycles. The predicted octanol–water partition coefficient (Wildman–Crippen LogP) is 4.58. The number of pyridine rings is 1. The summed E-state index contributed by atoms with van der Waals surface area (Å²) in [7, 11) is 0. The Kier molecular flexibility index (Phi) is 4.19. The van der Waals surface area contributed by atoms with Crippen molar-refractivity contribution in [2.75, 3.05) is 0 Å². The Hall–Kier alpha value is -2.18. The van der Waals surface area contributed by atoms with Crippen LogP contribution in [0.15, 0.2) is 30.7 Å². The van der Waals surface area contributed by atoms with Crippen molar-refractivity contribution in [1.82, 2.24) is 19.5 Å². The molecular formula is C16H14Cl2N4O2. The van der Waals surface area contributed by atoms with Gasteiger partial charge in [-0.2, -0.15) is 0 Å². The van der Waals surface area contributed by atoms with Gasteiger partial charge in [-0.3, -0.25) is 0 Å². The summed E-state index contributed by atoms with van der Waals surface area (Å²) in [5.41, 5.74) is 0.876. The number of aromatic nitrogens is 4. The van der Waals surface area contributed by atoms with Gasteiger partial charge in [0.2, 0.25) is 5.28 Å². The zero-order valence-corrected chi connectivity index (χ0v) is 14.8. The van der Waals surface area contributed by atoms with E-state index in [4.69, 9.17) is 27.9 Å². The molecule has 0 amide bonds. The van der Waals surface area contributed by atoms with E-state index in [1.54, 1.807) is 39.2 Å². The van der Waals surface area contributed by atoms with Crippen LogP contribution in [0.2, 0.25) is 10.3 Å². The highest BCUT2D eigenvalue weighted by Crippen LogP contribution is 2.33. The molecule has 0 radical (unpaired) electrons. The molecule has 0 saturated carbocycles. The van der Waals surface area contributed by atoms with Gasteiger partial charge in [-0.25, -0.2) is 24.3 Å². The lowest BCUT2D eigenvalue weighted by Crippen LogP contribution is -2.26. The third-order valence-electron chi connectivity index (χ3n) is 3.12. The van der Waals surface area contributed by atoms with Crippen LogP contribution in [0.25, 0.3) is 22.3 Å². The van der Waals surface area contributed by atoms with Crippen molar-refractivity contribution in [2.45, 2.75) is 26.4 Å². The zero-order chi connectivity index (χ0) is 17.5. The van der Waals surface area contributed by atoms with Crippen molar-refractivity contribution >= 4 is 40.3 Å². The highest BCUT2D eigenvalue weighted by molar-refractivity contribution is 6.34. The number of ether oxygens (including phenoxy) is 1. The van der Waals surface area contributed by atoms with Crippen molar-refractivity contribution in [3.05, 3.63) is 41.0 Å². The topological polar surface area (TPSA) is 69.9 Å². The number of fused-ring (bicyclic) bond motifs is 1. The van der Waals surface area contributed by atoms with Crippen molar-refractivity contribution in [3.63, 3.8) is 0 Å². The Morgan fingerprint density at radius 3 is 2.71 bits per heavy atom. The maximum atomic E-state index is 12.5. The molecule has 3 rings (SSSR count). The van der Waals surface area contributed by atoms with E-state index in [1.165, 1.54) is 10.8 Å². The highest BCUT2D eigenvalue weighted by Gasteiger charge is 2.23. The lowest BCUT2D eigenvalue weighted by atomic mass is 10.1. The van der Waals surface area contributed by atoms with Crippen LogP contribution in [-0.2, 0) is 4.74 Å². The highest BCUT2D eigenvalue weighted by atomic mass is 35.5. The van der Waals surface area contributed by atoms with Gasteiger partial charge in [-0.15, -0.1) is 0 Å². The van der Waals surface area contributed by atoms with Crippen LogP contribution < -0.4 is 0 Å². The Balaban J connectivity index is 2.21. The summed E-state index contributed by atoms with van der Waals surface area (Å²) in [6, 6.07) is 3.59. The summed E-state index contributed by atoms with van der Waals surface area (Å²) in [6.07, 6.45) is 4.07. The minimum atomic E-state index is -0.626. The molecule has 3 aromatic heterocycles. The Morgan fingerprint density at radius 2 is 2.00 bits per heavy atom. The number of carbonyl (C=O) groups excluding carboxylic acids is 1. The molecule has 0 atom stereocenters. The molecule has 0 N–H and O–H groups in total.